The zero-order chi connectivity index (χ0) is 31.5. The molecule has 0 spiro atoms. The number of imidazole rings is 1. The highest BCUT2D eigenvalue weighted by atomic mass is 32.2. The van der Waals surface area contributed by atoms with E-state index in [1.165, 1.54) is 10.9 Å². The van der Waals surface area contributed by atoms with Gasteiger partial charge in [0, 0.05) is 22.3 Å². The van der Waals surface area contributed by atoms with Crippen molar-refractivity contribution in [3.05, 3.63) is 11.0 Å². The van der Waals surface area contributed by atoms with Gasteiger partial charge < -0.3 is 25.7 Å². The molecule has 2 aromatic rings. The molecule has 4 atom stereocenters. The van der Waals surface area contributed by atoms with E-state index in [4.69, 9.17) is 36.3 Å². The normalized spacial score (nSPS) is 21.7. The van der Waals surface area contributed by atoms with Crippen molar-refractivity contribution in [1.29, 1.82) is 0 Å². The van der Waals surface area contributed by atoms with E-state index in [1.807, 2.05) is 0 Å². The first-order valence-corrected chi connectivity index (χ1v) is 16.9. The Hall–Kier alpha value is -1.40. The number of carbonyl (C=O) groups is 2. The fourth-order valence-corrected chi connectivity index (χ4v) is 6.77. The third-order valence-corrected chi connectivity index (χ3v) is 10.1. The highest BCUT2D eigenvalue weighted by Gasteiger charge is 2.45. The number of aromatic amines is 1. The molecule has 0 bridgehead atoms. The molecule has 14 nitrogen and oxygen atoms in total. The first-order chi connectivity index (χ1) is 19.4. The fraction of sp³-hybridized carbons (Fsp3) is 0.708. The molecule has 18 heteroatoms. The number of phosphoric ester groups is 1. The molecule has 0 radical (unpaired) electrons. The van der Waals surface area contributed by atoms with E-state index in [9.17, 15) is 24.4 Å². The zero-order valence-electron chi connectivity index (χ0n) is 24.3. The Bertz CT molecular complexity index is 1340. The number of nitrogens with two attached hydrogens (primary N) is 1. The van der Waals surface area contributed by atoms with E-state index in [0.29, 0.717) is 11.2 Å². The number of ether oxygens (including phenoxy) is 1. The van der Waals surface area contributed by atoms with Crippen LogP contribution in [0.4, 0.5) is 5.95 Å². The van der Waals surface area contributed by atoms with Gasteiger partial charge in [-0.2, -0.15) is 0 Å². The summed E-state index contributed by atoms with van der Waals surface area (Å²) in [6.07, 6.45) is -3.77. The highest BCUT2D eigenvalue weighted by Crippen LogP contribution is 2.50. The molecule has 0 unspecified atom stereocenters. The van der Waals surface area contributed by atoms with Crippen LogP contribution in [-0.4, -0.2) is 89.6 Å². The van der Waals surface area contributed by atoms with Crippen molar-refractivity contribution in [2.45, 2.75) is 66.1 Å². The molecule has 0 saturated carbocycles. The van der Waals surface area contributed by atoms with E-state index < -0.39 is 49.8 Å². The molecule has 2 aromatic heterocycles. The van der Waals surface area contributed by atoms with Gasteiger partial charge in [0.25, 0.3) is 0 Å². The number of anilines is 1. The molecule has 3 rings (SSSR count). The first kappa shape index (κ1) is 35.1. The van der Waals surface area contributed by atoms with E-state index in [0.717, 1.165) is 23.5 Å². The van der Waals surface area contributed by atoms with Crippen molar-refractivity contribution in [3.8, 4) is 0 Å². The summed E-state index contributed by atoms with van der Waals surface area (Å²) in [5, 5.41) is 21.3. The molecular formula is C24H38N5O9PS3. The van der Waals surface area contributed by atoms with Gasteiger partial charge in [-0.05, 0) is 0 Å². The summed E-state index contributed by atoms with van der Waals surface area (Å²) < 4.78 is 37.4. The van der Waals surface area contributed by atoms with Crippen molar-refractivity contribution in [2.75, 3.05) is 37.1 Å². The van der Waals surface area contributed by atoms with Gasteiger partial charge in [-0.15, -0.1) is 0 Å². The summed E-state index contributed by atoms with van der Waals surface area (Å²) in [5.74, 6) is 0.420. The number of nitrogens with zero attached hydrogens (tertiary/aromatic N) is 3. The van der Waals surface area contributed by atoms with Crippen molar-refractivity contribution in [2.24, 2.45) is 10.8 Å². The topological polar surface area (TPSA) is 201 Å². The number of phosphoric acid groups is 1. The summed E-state index contributed by atoms with van der Waals surface area (Å²) in [5.41, 5.74) is 5.30. The van der Waals surface area contributed by atoms with E-state index in [2.05, 4.69) is 15.0 Å². The lowest BCUT2D eigenvalue weighted by Gasteiger charge is -2.22. The number of H-pyrrole nitrogens is 1. The molecule has 1 fully saturated rings. The van der Waals surface area contributed by atoms with Crippen LogP contribution in [0.15, 0.2) is 6.33 Å². The van der Waals surface area contributed by atoms with Gasteiger partial charge >= 0.3 is 7.82 Å². The number of fused-ring (bicyclic) bond motifs is 1. The number of thioether (sulfide) groups is 2. The minimum absolute atomic E-state index is 0.0298. The summed E-state index contributed by atoms with van der Waals surface area (Å²) in [6.45, 7) is 10.0. The van der Waals surface area contributed by atoms with Crippen LogP contribution >= 0.6 is 43.6 Å². The average molecular weight is 668 g/mol. The lowest BCUT2D eigenvalue weighted by molar-refractivity contribution is -0.118. The fourth-order valence-electron chi connectivity index (χ4n) is 3.52. The smallest absolute Gasteiger partial charge is 0.387 e. The number of nitrogens with one attached hydrogen (secondary N) is 1. The lowest BCUT2D eigenvalue weighted by Crippen LogP contribution is -2.33. The quantitative estimate of drug-likeness (QED) is 0.146. The minimum Gasteiger partial charge on any atom is -0.387 e. The monoisotopic (exact) mass is 667 g/mol. The summed E-state index contributed by atoms with van der Waals surface area (Å²) in [7, 11) is -4.24. The number of rotatable bonds is 12. The maximum Gasteiger partial charge on any atom is 0.474 e. The molecule has 1 aliphatic heterocycles. The molecule has 1 saturated heterocycles. The van der Waals surface area contributed by atoms with Crippen LogP contribution in [0.3, 0.4) is 0 Å². The second-order valence-corrected chi connectivity index (χ2v) is 15.7. The summed E-state index contributed by atoms with van der Waals surface area (Å²) in [6, 6.07) is 0. The van der Waals surface area contributed by atoms with Gasteiger partial charge in [0.1, 0.15) is 29.5 Å². The molecular weight excluding hydrogens is 629 g/mol. The summed E-state index contributed by atoms with van der Waals surface area (Å²) in [4.78, 5) is 35.3. The minimum atomic E-state index is -4.24. The van der Waals surface area contributed by atoms with Crippen LogP contribution in [0.2, 0.25) is 0 Å². The van der Waals surface area contributed by atoms with Crippen LogP contribution in [-0.2, 0) is 32.5 Å². The Balaban J connectivity index is 1.66. The number of nitrogen functional groups attached to an aromatic ring is 1. The largest absolute Gasteiger partial charge is 0.474 e. The predicted octanol–water partition coefficient (Wildman–Crippen LogP) is 3.46. The molecule has 0 aromatic carbocycles. The molecule has 3 heterocycles. The number of carbonyl (C=O) groups excluding carboxylic acids is 2. The van der Waals surface area contributed by atoms with Crippen molar-refractivity contribution in [3.63, 3.8) is 0 Å². The van der Waals surface area contributed by atoms with Gasteiger partial charge in [-0.1, -0.05) is 77.3 Å². The molecule has 42 heavy (non-hydrogen) atoms. The van der Waals surface area contributed by atoms with Crippen molar-refractivity contribution >= 4 is 70.9 Å². The van der Waals surface area contributed by atoms with Gasteiger partial charge in [0.2, 0.25) is 0 Å². The van der Waals surface area contributed by atoms with Crippen LogP contribution in [0, 0.1) is 15.5 Å². The van der Waals surface area contributed by atoms with Crippen molar-refractivity contribution in [1.82, 2.24) is 19.5 Å². The van der Waals surface area contributed by atoms with Crippen LogP contribution in [0.5, 0.6) is 0 Å². The molecule has 5 N–H and O–H groups in total. The average Bonchev–Trinajstić information content (AvgIpc) is 3.42. The maximum atomic E-state index is 13.5. The predicted molar refractivity (Wildman–Crippen MR) is 162 cm³/mol. The van der Waals surface area contributed by atoms with E-state index in [1.54, 1.807) is 41.5 Å². The Kier molecular flexibility index (Phi) is 11.8. The van der Waals surface area contributed by atoms with Gasteiger partial charge in [0.05, 0.1) is 26.1 Å². The van der Waals surface area contributed by atoms with Gasteiger partial charge in [-0.25, -0.2) is 14.5 Å². The second kappa shape index (κ2) is 14.1. The number of aliphatic hydroxyl groups is 2. The third-order valence-electron chi connectivity index (χ3n) is 5.83. The first-order valence-electron chi connectivity index (χ1n) is 13.0. The van der Waals surface area contributed by atoms with Crippen LogP contribution in [0.25, 0.3) is 11.2 Å². The lowest BCUT2D eigenvalue weighted by atomic mass is 9.99. The Morgan fingerprint density at radius 1 is 1.07 bits per heavy atom. The maximum absolute atomic E-state index is 13.5. The number of aromatic nitrogens is 4. The molecule has 0 aliphatic carbocycles. The Morgan fingerprint density at radius 3 is 2.14 bits per heavy atom. The van der Waals surface area contributed by atoms with E-state index >= 15 is 0 Å². The second-order valence-electron chi connectivity index (χ2n) is 11.5. The standard InChI is InChI=1S/C24H38N5O9PS3/c1-23(2,3)20(32)41-9-7-35-39(34,36-8-10-42-21(33)24(4,5)6)37-11-13-15(30)16(31)19(38-13)29-12-26-14-17(29)27-22(25)28-18(14)40/h12-13,15-16,19,30-31H,7-11H2,1-6H3,(H3,25,27,28,40)/t13-,15-,16-,19-/m1/s1. The van der Waals surface area contributed by atoms with E-state index in [-0.39, 0.29) is 45.5 Å². The number of hydrogen-bond donors (Lipinski definition) is 4. The van der Waals surface area contributed by atoms with Crippen LogP contribution in [0.1, 0.15) is 47.8 Å². The molecule has 236 valence electrons. The summed E-state index contributed by atoms with van der Waals surface area (Å²) >= 11 is 7.24. The molecule has 1 aliphatic rings. The SMILES string of the molecule is CC(C)(C)C(=O)SCCOP(=O)(OCCSC(=O)C(C)(C)C)OC[C@H]1O[C@@H](n2cnc3c(=S)nc(N)[nH]c32)[C@H](O)[C@@H]1O. The van der Waals surface area contributed by atoms with Gasteiger partial charge in [0.15, 0.2) is 27.0 Å². The zero-order valence-corrected chi connectivity index (χ0v) is 27.6. The molecule has 0 amide bonds. The van der Waals surface area contributed by atoms with Crippen molar-refractivity contribution < 1.29 is 42.7 Å². The third kappa shape index (κ3) is 9.06. The Labute approximate surface area is 257 Å². The number of hydrogen-bond acceptors (Lipinski definition) is 15. The van der Waals surface area contributed by atoms with Crippen LogP contribution < -0.4 is 5.73 Å². The Morgan fingerprint density at radius 2 is 1.62 bits per heavy atom. The van der Waals surface area contributed by atoms with Gasteiger partial charge in [-0.3, -0.25) is 27.7 Å². The number of aliphatic hydroxyl groups excluding tert-OH is 2. The highest BCUT2D eigenvalue weighted by molar-refractivity contribution is 8.14.